The van der Waals surface area contributed by atoms with Gasteiger partial charge in [-0.3, -0.25) is 4.68 Å². The van der Waals surface area contributed by atoms with Crippen LogP contribution >= 0.6 is 11.6 Å². The lowest BCUT2D eigenvalue weighted by molar-refractivity contribution is 0.0502. The predicted molar refractivity (Wildman–Crippen MR) is 65.8 cm³/mol. The van der Waals surface area contributed by atoms with Crippen LogP contribution in [0.25, 0.3) is 0 Å². The van der Waals surface area contributed by atoms with Crippen molar-refractivity contribution in [2.75, 3.05) is 13.6 Å². The van der Waals surface area contributed by atoms with Gasteiger partial charge in [-0.2, -0.15) is 5.10 Å². The number of aliphatic hydroxyl groups is 1. The van der Waals surface area contributed by atoms with Crippen LogP contribution in [0, 0.1) is 6.92 Å². The average molecular weight is 246 g/mol. The minimum atomic E-state index is -0.757. The van der Waals surface area contributed by atoms with Gasteiger partial charge in [0.2, 0.25) is 0 Å². The van der Waals surface area contributed by atoms with Gasteiger partial charge in [0.1, 0.15) is 0 Å². The third-order valence-corrected chi connectivity index (χ3v) is 3.22. The maximum atomic E-state index is 10.2. The predicted octanol–water partition coefficient (Wildman–Crippen LogP) is 1.28. The molecule has 0 aliphatic rings. The van der Waals surface area contributed by atoms with Crippen LogP contribution in [0.4, 0.5) is 0 Å². The second-order valence-corrected chi connectivity index (χ2v) is 4.87. The Morgan fingerprint density at radius 2 is 2.19 bits per heavy atom. The van der Waals surface area contributed by atoms with Crippen molar-refractivity contribution in [2.24, 2.45) is 7.05 Å². The van der Waals surface area contributed by atoms with Crippen LogP contribution in [0.15, 0.2) is 0 Å². The number of nitrogens with one attached hydrogen (secondary N) is 1. The Kier molecular flexibility index (Phi) is 4.35. The molecule has 0 radical (unpaired) electrons. The van der Waals surface area contributed by atoms with Gasteiger partial charge in [-0.1, -0.05) is 11.6 Å². The molecule has 0 aromatic carbocycles. The van der Waals surface area contributed by atoms with Crippen molar-refractivity contribution in [3.8, 4) is 0 Å². The fourth-order valence-electron chi connectivity index (χ4n) is 1.72. The molecule has 16 heavy (non-hydrogen) atoms. The minimum Gasteiger partial charge on any atom is -0.390 e. The molecule has 1 aromatic heterocycles. The summed E-state index contributed by atoms with van der Waals surface area (Å²) in [5.41, 5.74) is 0.941. The second kappa shape index (κ2) is 5.17. The monoisotopic (exact) mass is 245 g/mol. The van der Waals surface area contributed by atoms with E-state index in [0.717, 1.165) is 17.9 Å². The molecule has 0 saturated carbocycles. The molecular formula is C11H20ClN3O. The molecule has 0 spiro atoms. The van der Waals surface area contributed by atoms with E-state index in [9.17, 15) is 5.11 Å². The van der Waals surface area contributed by atoms with E-state index < -0.39 is 5.60 Å². The minimum absolute atomic E-state index is 0.519. The standard InChI is InChI=1S/C11H20ClN3O/c1-8-10(12)9(15(4)14-8)7-11(2,16)5-6-13-3/h13,16H,5-7H2,1-4H3. The number of halogens is 1. The smallest absolute Gasteiger partial charge is 0.0848 e. The van der Waals surface area contributed by atoms with Crippen LogP contribution < -0.4 is 5.32 Å². The molecule has 1 heterocycles. The Hall–Kier alpha value is -0.580. The van der Waals surface area contributed by atoms with Gasteiger partial charge in [0.05, 0.1) is 22.0 Å². The van der Waals surface area contributed by atoms with Gasteiger partial charge >= 0.3 is 0 Å². The zero-order valence-corrected chi connectivity index (χ0v) is 11.1. The molecule has 5 heteroatoms. The van der Waals surface area contributed by atoms with Gasteiger partial charge in [-0.15, -0.1) is 0 Å². The number of aryl methyl sites for hydroxylation is 2. The van der Waals surface area contributed by atoms with E-state index in [1.165, 1.54) is 0 Å². The molecule has 4 nitrogen and oxygen atoms in total. The van der Waals surface area contributed by atoms with Crippen molar-refractivity contribution in [2.45, 2.75) is 32.3 Å². The largest absolute Gasteiger partial charge is 0.390 e. The van der Waals surface area contributed by atoms with Crippen molar-refractivity contribution in [1.82, 2.24) is 15.1 Å². The average Bonchev–Trinajstić information content (AvgIpc) is 2.42. The maximum absolute atomic E-state index is 10.2. The molecule has 0 saturated heterocycles. The van der Waals surface area contributed by atoms with Crippen molar-refractivity contribution in [3.63, 3.8) is 0 Å². The van der Waals surface area contributed by atoms with E-state index in [4.69, 9.17) is 11.6 Å². The summed E-state index contributed by atoms with van der Waals surface area (Å²) in [7, 11) is 3.72. The van der Waals surface area contributed by atoms with Gasteiger partial charge in [0, 0.05) is 13.5 Å². The lowest BCUT2D eigenvalue weighted by atomic mass is 9.96. The third-order valence-electron chi connectivity index (χ3n) is 2.72. The molecule has 1 unspecified atom stereocenters. The summed E-state index contributed by atoms with van der Waals surface area (Å²) in [5, 5.41) is 18.1. The van der Waals surface area contributed by atoms with Crippen LogP contribution in [0.1, 0.15) is 24.7 Å². The number of rotatable bonds is 5. The summed E-state index contributed by atoms with van der Waals surface area (Å²) in [6.45, 7) is 4.47. The van der Waals surface area contributed by atoms with Gasteiger partial charge in [-0.05, 0) is 33.9 Å². The van der Waals surface area contributed by atoms with Gasteiger partial charge in [0.25, 0.3) is 0 Å². The van der Waals surface area contributed by atoms with Crippen LogP contribution in [0.3, 0.4) is 0 Å². The molecule has 1 aromatic rings. The van der Waals surface area contributed by atoms with Crippen LogP contribution in [-0.4, -0.2) is 34.1 Å². The summed E-state index contributed by atoms with van der Waals surface area (Å²) < 4.78 is 1.74. The van der Waals surface area contributed by atoms with E-state index >= 15 is 0 Å². The molecular weight excluding hydrogens is 226 g/mol. The molecule has 0 aliphatic carbocycles. The highest BCUT2D eigenvalue weighted by molar-refractivity contribution is 6.31. The van der Waals surface area contributed by atoms with E-state index in [1.54, 1.807) is 4.68 Å². The molecule has 0 fully saturated rings. The zero-order valence-electron chi connectivity index (χ0n) is 10.3. The number of nitrogens with zero attached hydrogens (tertiary/aromatic N) is 2. The quantitative estimate of drug-likeness (QED) is 0.822. The van der Waals surface area contributed by atoms with Gasteiger partial charge < -0.3 is 10.4 Å². The Balaban J connectivity index is 2.79. The lowest BCUT2D eigenvalue weighted by Crippen LogP contribution is -2.32. The summed E-state index contributed by atoms with van der Waals surface area (Å²) >= 11 is 6.14. The summed E-state index contributed by atoms with van der Waals surface area (Å²) in [5.74, 6) is 0. The van der Waals surface area contributed by atoms with Gasteiger partial charge in [0.15, 0.2) is 0 Å². The van der Waals surface area contributed by atoms with Crippen LogP contribution in [-0.2, 0) is 13.5 Å². The van der Waals surface area contributed by atoms with E-state index in [0.29, 0.717) is 17.9 Å². The molecule has 0 amide bonds. The Morgan fingerprint density at radius 3 is 2.62 bits per heavy atom. The summed E-state index contributed by atoms with van der Waals surface area (Å²) in [4.78, 5) is 0. The summed E-state index contributed by atoms with van der Waals surface area (Å²) in [6, 6.07) is 0. The van der Waals surface area contributed by atoms with Crippen molar-refractivity contribution in [3.05, 3.63) is 16.4 Å². The summed E-state index contributed by atoms with van der Waals surface area (Å²) in [6.07, 6.45) is 1.20. The first-order chi connectivity index (χ1) is 7.37. The van der Waals surface area contributed by atoms with Crippen LogP contribution in [0.5, 0.6) is 0 Å². The van der Waals surface area contributed by atoms with Crippen molar-refractivity contribution >= 4 is 11.6 Å². The Labute approximate surface area is 102 Å². The first kappa shape index (κ1) is 13.5. The Morgan fingerprint density at radius 1 is 1.56 bits per heavy atom. The third kappa shape index (κ3) is 3.20. The van der Waals surface area contributed by atoms with Crippen LogP contribution in [0.2, 0.25) is 5.02 Å². The topological polar surface area (TPSA) is 50.1 Å². The SMILES string of the molecule is CNCCC(C)(O)Cc1c(Cl)c(C)nn1C. The van der Waals surface area contributed by atoms with E-state index in [-0.39, 0.29) is 0 Å². The molecule has 2 N–H and O–H groups in total. The number of hydrogen-bond donors (Lipinski definition) is 2. The molecule has 1 rings (SSSR count). The zero-order chi connectivity index (χ0) is 12.3. The fourth-order valence-corrected chi connectivity index (χ4v) is 1.94. The highest BCUT2D eigenvalue weighted by Crippen LogP contribution is 2.25. The first-order valence-electron chi connectivity index (χ1n) is 5.42. The molecule has 0 bridgehead atoms. The maximum Gasteiger partial charge on any atom is 0.0848 e. The molecule has 0 aliphatic heterocycles. The number of aromatic nitrogens is 2. The van der Waals surface area contributed by atoms with Crippen molar-refractivity contribution < 1.29 is 5.11 Å². The highest BCUT2D eigenvalue weighted by atomic mass is 35.5. The second-order valence-electron chi connectivity index (χ2n) is 4.50. The molecule has 92 valence electrons. The van der Waals surface area contributed by atoms with E-state index in [2.05, 4.69) is 10.4 Å². The normalized spacial score (nSPS) is 15.1. The lowest BCUT2D eigenvalue weighted by Gasteiger charge is -2.23. The van der Waals surface area contributed by atoms with Gasteiger partial charge in [-0.25, -0.2) is 0 Å². The van der Waals surface area contributed by atoms with E-state index in [1.807, 2.05) is 27.9 Å². The van der Waals surface area contributed by atoms with Crippen molar-refractivity contribution in [1.29, 1.82) is 0 Å². The Bertz CT molecular complexity index is 360. The highest BCUT2D eigenvalue weighted by Gasteiger charge is 2.24. The first-order valence-corrected chi connectivity index (χ1v) is 5.80. The fraction of sp³-hybridized carbons (Fsp3) is 0.727. The molecule has 1 atom stereocenters. The number of hydrogen-bond acceptors (Lipinski definition) is 3.